The molecule has 0 spiro atoms. The minimum Gasteiger partial charge on any atom is -0.497 e. The highest BCUT2D eigenvalue weighted by Gasteiger charge is 2.32. The zero-order chi connectivity index (χ0) is 12.9. The number of hydrogen-bond acceptors (Lipinski definition) is 3. The SMILES string of the molecule is CCCC(N)(Cc1ccc(OC)cc1)C(=O)O. The van der Waals surface area contributed by atoms with E-state index in [0.29, 0.717) is 12.8 Å². The topological polar surface area (TPSA) is 72.5 Å². The van der Waals surface area contributed by atoms with Crippen molar-refractivity contribution in [3.05, 3.63) is 29.8 Å². The summed E-state index contributed by atoms with van der Waals surface area (Å²) >= 11 is 0. The lowest BCUT2D eigenvalue weighted by molar-refractivity contribution is -0.143. The highest BCUT2D eigenvalue weighted by Crippen LogP contribution is 2.19. The fraction of sp³-hybridized carbons (Fsp3) is 0.462. The molecule has 1 aromatic rings. The first-order valence-corrected chi connectivity index (χ1v) is 5.67. The number of carbonyl (C=O) groups is 1. The molecular formula is C13H19NO3. The largest absolute Gasteiger partial charge is 0.497 e. The number of benzene rings is 1. The van der Waals surface area contributed by atoms with Crippen molar-refractivity contribution in [2.24, 2.45) is 5.73 Å². The van der Waals surface area contributed by atoms with Gasteiger partial charge in [0.2, 0.25) is 0 Å². The summed E-state index contributed by atoms with van der Waals surface area (Å²) < 4.78 is 5.05. The Kier molecular flexibility index (Phi) is 4.52. The van der Waals surface area contributed by atoms with E-state index in [0.717, 1.165) is 17.7 Å². The zero-order valence-corrected chi connectivity index (χ0v) is 10.3. The first-order valence-electron chi connectivity index (χ1n) is 5.67. The number of carboxylic acids is 1. The molecule has 0 aliphatic heterocycles. The van der Waals surface area contributed by atoms with E-state index < -0.39 is 11.5 Å². The number of hydrogen-bond donors (Lipinski definition) is 2. The van der Waals surface area contributed by atoms with Gasteiger partial charge in [-0.05, 0) is 24.1 Å². The first-order chi connectivity index (χ1) is 8.01. The van der Waals surface area contributed by atoms with Crippen molar-refractivity contribution in [2.75, 3.05) is 7.11 Å². The van der Waals surface area contributed by atoms with Gasteiger partial charge in [0.25, 0.3) is 0 Å². The number of aliphatic carboxylic acids is 1. The third kappa shape index (κ3) is 3.46. The molecule has 0 aliphatic rings. The van der Waals surface area contributed by atoms with E-state index in [1.54, 1.807) is 7.11 Å². The minimum atomic E-state index is -1.18. The predicted octanol–water partition coefficient (Wildman–Crippen LogP) is 1.82. The van der Waals surface area contributed by atoms with Crippen molar-refractivity contribution in [2.45, 2.75) is 31.7 Å². The van der Waals surface area contributed by atoms with Crippen LogP contribution in [0, 0.1) is 0 Å². The van der Waals surface area contributed by atoms with Gasteiger partial charge in [-0.3, -0.25) is 4.79 Å². The molecule has 0 fully saturated rings. The molecule has 0 saturated heterocycles. The molecule has 4 heteroatoms. The number of rotatable bonds is 6. The summed E-state index contributed by atoms with van der Waals surface area (Å²) in [6, 6.07) is 7.31. The molecule has 1 atom stereocenters. The molecule has 1 rings (SSSR count). The summed E-state index contributed by atoms with van der Waals surface area (Å²) in [5, 5.41) is 9.18. The summed E-state index contributed by atoms with van der Waals surface area (Å²) in [6.45, 7) is 1.93. The van der Waals surface area contributed by atoms with Crippen molar-refractivity contribution in [3.8, 4) is 5.75 Å². The Bertz CT molecular complexity index is 375. The van der Waals surface area contributed by atoms with Crippen LogP contribution in [0.3, 0.4) is 0 Å². The van der Waals surface area contributed by atoms with E-state index in [1.807, 2.05) is 31.2 Å². The van der Waals surface area contributed by atoms with E-state index in [2.05, 4.69) is 0 Å². The van der Waals surface area contributed by atoms with Gasteiger partial charge in [0.15, 0.2) is 0 Å². The first kappa shape index (κ1) is 13.5. The molecule has 94 valence electrons. The molecule has 0 amide bonds. The highest BCUT2D eigenvalue weighted by atomic mass is 16.5. The number of carboxylic acid groups (broad SMARTS) is 1. The molecule has 1 aromatic carbocycles. The van der Waals surface area contributed by atoms with Crippen LogP contribution in [0.1, 0.15) is 25.3 Å². The second-order valence-corrected chi connectivity index (χ2v) is 4.24. The molecule has 0 heterocycles. The standard InChI is InChI=1S/C13H19NO3/c1-3-8-13(14,12(15)16)9-10-4-6-11(17-2)7-5-10/h4-7H,3,8-9,14H2,1-2H3,(H,15,16). The minimum absolute atomic E-state index is 0.333. The van der Waals surface area contributed by atoms with E-state index in [-0.39, 0.29) is 0 Å². The van der Waals surface area contributed by atoms with E-state index in [4.69, 9.17) is 10.5 Å². The molecule has 0 radical (unpaired) electrons. The predicted molar refractivity (Wildman–Crippen MR) is 66.2 cm³/mol. The van der Waals surface area contributed by atoms with Crippen LogP contribution in [0.5, 0.6) is 5.75 Å². The van der Waals surface area contributed by atoms with Gasteiger partial charge in [-0.15, -0.1) is 0 Å². The van der Waals surface area contributed by atoms with Crippen LogP contribution in [-0.2, 0) is 11.2 Å². The van der Waals surface area contributed by atoms with E-state index in [1.165, 1.54) is 0 Å². The summed E-state index contributed by atoms with van der Waals surface area (Å²) in [6.07, 6.45) is 1.55. The van der Waals surface area contributed by atoms with Gasteiger partial charge in [0, 0.05) is 6.42 Å². The van der Waals surface area contributed by atoms with Gasteiger partial charge < -0.3 is 15.6 Å². The van der Waals surface area contributed by atoms with Crippen LogP contribution in [0.25, 0.3) is 0 Å². The third-order valence-corrected chi connectivity index (χ3v) is 2.80. The second kappa shape index (κ2) is 5.68. The third-order valence-electron chi connectivity index (χ3n) is 2.80. The lowest BCUT2D eigenvalue weighted by Crippen LogP contribution is -2.49. The molecule has 0 aliphatic carbocycles. The van der Waals surface area contributed by atoms with Gasteiger partial charge in [0.05, 0.1) is 7.11 Å². The molecule has 4 nitrogen and oxygen atoms in total. The van der Waals surface area contributed by atoms with E-state index in [9.17, 15) is 9.90 Å². The fourth-order valence-electron chi connectivity index (χ4n) is 1.82. The summed E-state index contributed by atoms with van der Waals surface area (Å²) in [4.78, 5) is 11.2. The van der Waals surface area contributed by atoms with Gasteiger partial charge in [0.1, 0.15) is 11.3 Å². The summed E-state index contributed by atoms with van der Waals surface area (Å²) in [7, 11) is 1.59. The maximum absolute atomic E-state index is 11.2. The van der Waals surface area contributed by atoms with Gasteiger partial charge in [-0.25, -0.2) is 0 Å². The zero-order valence-electron chi connectivity index (χ0n) is 10.3. The number of methoxy groups -OCH3 is 1. The maximum Gasteiger partial charge on any atom is 0.324 e. The Balaban J connectivity index is 2.82. The maximum atomic E-state index is 11.2. The van der Waals surface area contributed by atoms with Crippen molar-refractivity contribution in [3.63, 3.8) is 0 Å². The lowest BCUT2D eigenvalue weighted by Gasteiger charge is -2.24. The van der Waals surface area contributed by atoms with E-state index >= 15 is 0 Å². The fourth-order valence-corrected chi connectivity index (χ4v) is 1.82. The Morgan fingerprint density at radius 2 is 2.00 bits per heavy atom. The van der Waals surface area contributed by atoms with Crippen LogP contribution in [0.2, 0.25) is 0 Å². The normalized spacial score (nSPS) is 14.1. The Morgan fingerprint density at radius 1 is 1.41 bits per heavy atom. The van der Waals surface area contributed by atoms with Crippen LogP contribution in [0.4, 0.5) is 0 Å². The summed E-state index contributed by atoms with van der Waals surface area (Å²) in [5.74, 6) is -0.197. The van der Waals surface area contributed by atoms with Crippen molar-refractivity contribution in [1.82, 2.24) is 0 Å². The lowest BCUT2D eigenvalue weighted by atomic mass is 9.87. The van der Waals surface area contributed by atoms with Gasteiger partial charge in [-0.1, -0.05) is 25.5 Å². The molecule has 0 saturated carbocycles. The molecule has 1 unspecified atom stereocenters. The van der Waals surface area contributed by atoms with Gasteiger partial charge in [-0.2, -0.15) is 0 Å². The average Bonchev–Trinajstić information content (AvgIpc) is 2.30. The van der Waals surface area contributed by atoms with Gasteiger partial charge >= 0.3 is 5.97 Å². The number of ether oxygens (including phenoxy) is 1. The molecule has 0 aromatic heterocycles. The average molecular weight is 237 g/mol. The number of nitrogens with two attached hydrogens (primary N) is 1. The molecule has 17 heavy (non-hydrogen) atoms. The molecule has 0 bridgehead atoms. The quantitative estimate of drug-likeness (QED) is 0.791. The van der Waals surface area contributed by atoms with Crippen LogP contribution < -0.4 is 10.5 Å². The Morgan fingerprint density at radius 3 is 2.41 bits per heavy atom. The van der Waals surface area contributed by atoms with Crippen LogP contribution in [0.15, 0.2) is 24.3 Å². The van der Waals surface area contributed by atoms with Crippen LogP contribution >= 0.6 is 0 Å². The van der Waals surface area contributed by atoms with Crippen molar-refractivity contribution in [1.29, 1.82) is 0 Å². The summed E-state index contributed by atoms with van der Waals surface area (Å²) in [5.41, 5.74) is 5.65. The second-order valence-electron chi connectivity index (χ2n) is 4.24. The van der Waals surface area contributed by atoms with Crippen molar-refractivity contribution >= 4 is 5.97 Å². The Hall–Kier alpha value is -1.55. The highest BCUT2D eigenvalue weighted by molar-refractivity contribution is 5.78. The molecular weight excluding hydrogens is 218 g/mol. The smallest absolute Gasteiger partial charge is 0.324 e. The van der Waals surface area contributed by atoms with Crippen LogP contribution in [-0.4, -0.2) is 23.7 Å². The Labute approximate surface area is 101 Å². The van der Waals surface area contributed by atoms with Crippen molar-refractivity contribution < 1.29 is 14.6 Å². The monoisotopic (exact) mass is 237 g/mol. The molecule has 3 N–H and O–H groups in total.